The van der Waals surface area contributed by atoms with E-state index in [2.05, 4.69) is 10.6 Å². The predicted octanol–water partition coefficient (Wildman–Crippen LogP) is 4.88. The molecule has 0 fully saturated rings. The molecule has 1 atom stereocenters. The highest BCUT2D eigenvalue weighted by molar-refractivity contribution is 6.06. The summed E-state index contributed by atoms with van der Waals surface area (Å²) in [6.07, 6.45) is 0. The van der Waals surface area contributed by atoms with Gasteiger partial charge in [0.05, 0.1) is 12.7 Å². The molecule has 0 radical (unpaired) electrons. The van der Waals surface area contributed by atoms with Gasteiger partial charge in [0.25, 0.3) is 5.91 Å². The van der Waals surface area contributed by atoms with Crippen molar-refractivity contribution in [2.45, 2.75) is 13.0 Å². The maximum atomic E-state index is 13.5. The molecular weight excluding hydrogens is 414 g/mol. The van der Waals surface area contributed by atoms with E-state index in [-0.39, 0.29) is 5.91 Å². The van der Waals surface area contributed by atoms with Crippen LogP contribution < -0.4 is 15.4 Å². The fraction of sp³-hybridized carbons (Fsp3) is 0.115. The topological polar surface area (TPSA) is 81.1 Å². The molecule has 1 aliphatic heterocycles. The number of aromatic nitrogens is 3. The van der Waals surface area contributed by atoms with Crippen LogP contribution in [0, 0.1) is 0 Å². The summed E-state index contributed by atoms with van der Waals surface area (Å²) >= 11 is 0. The summed E-state index contributed by atoms with van der Waals surface area (Å²) in [5, 5.41) is 11.1. The Labute approximate surface area is 191 Å². The molecule has 0 aliphatic carbocycles. The molecule has 33 heavy (non-hydrogen) atoms. The number of nitrogens with zero attached hydrogens (tertiary/aromatic N) is 3. The van der Waals surface area contributed by atoms with Gasteiger partial charge in [-0.2, -0.15) is 4.98 Å². The second-order valence-corrected chi connectivity index (χ2v) is 7.70. The van der Waals surface area contributed by atoms with Crippen LogP contribution in [0.25, 0.3) is 11.4 Å². The third-order valence-corrected chi connectivity index (χ3v) is 5.59. The number of ether oxygens (including phenoxy) is 1. The van der Waals surface area contributed by atoms with E-state index in [0.29, 0.717) is 28.8 Å². The zero-order valence-corrected chi connectivity index (χ0v) is 18.3. The molecule has 1 unspecified atom stereocenters. The Morgan fingerprint density at radius 3 is 2.36 bits per heavy atom. The van der Waals surface area contributed by atoms with Gasteiger partial charge in [0.15, 0.2) is 5.82 Å². The van der Waals surface area contributed by atoms with Gasteiger partial charge in [-0.1, -0.05) is 66.7 Å². The summed E-state index contributed by atoms with van der Waals surface area (Å²) in [6.45, 7) is 1.88. The number of fused-ring (bicyclic) bond motifs is 1. The number of methoxy groups -OCH3 is 1. The number of hydrogen-bond acceptors (Lipinski definition) is 5. The lowest BCUT2D eigenvalue weighted by molar-refractivity contribution is -0.113. The van der Waals surface area contributed by atoms with Crippen LogP contribution in [0.15, 0.2) is 96.2 Å². The van der Waals surface area contributed by atoms with Crippen molar-refractivity contribution in [2.75, 3.05) is 17.7 Å². The van der Waals surface area contributed by atoms with E-state index in [1.54, 1.807) is 11.8 Å². The molecule has 1 aromatic heterocycles. The number of benzene rings is 3. The van der Waals surface area contributed by atoms with Crippen LogP contribution in [0.1, 0.15) is 18.5 Å². The maximum absolute atomic E-state index is 13.5. The second kappa shape index (κ2) is 8.63. The third kappa shape index (κ3) is 3.85. The molecule has 164 valence electrons. The Balaban J connectivity index is 1.64. The first-order chi connectivity index (χ1) is 16.2. The van der Waals surface area contributed by atoms with Crippen LogP contribution >= 0.6 is 0 Å². The number of amides is 1. The number of rotatable bonds is 5. The van der Waals surface area contributed by atoms with Crippen molar-refractivity contribution in [1.82, 2.24) is 14.8 Å². The minimum Gasteiger partial charge on any atom is -0.496 e. The third-order valence-electron chi connectivity index (χ3n) is 5.59. The Bertz CT molecular complexity index is 1330. The van der Waals surface area contributed by atoms with E-state index in [0.717, 1.165) is 16.8 Å². The van der Waals surface area contributed by atoms with E-state index < -0.39 is 6.04 Å². The molecule has 7 heteroatoms. The molecule has 0 saturated carbocycles. The van der Waals surface area contributed by atoms with Gasteiger partial charge < -0.3 is 15.4 Å². The quantitative estimate of drug-likeness (QED) is 0.465. The summed E-state index contributed by atoms with van der Waals surface area (Å²) in [6, 6.07) is 26.3. The molecule has 0 bridgehead atoms. The Morgan fingerprint density at radius 2 is 1.64 bits per heavy atom. The van der Waals surface area contributed by atoms with E-state index >= 15 is 0 Å². The van der Waals surface area contributed by atoms with Gasteiger partial charge in [0.1, 0.15) is 11.8 Å². The summed E-state index contributed by atoms with van der Waals surface area (Å²) in [7, 11) is 1.62. The number of anilines is 2. The van der Waals surface area contributed by atoms with Crippen molar-refractivity contribution in [3.05, 3.63) is 102 Å². The van der Waals surface area contributed by atoms with Crippen LogP contribution in [0.3, 0.4) is 0 Å². The monoisotopic (exact) mass is 437 g/mol. The highest BCUT2D eigenvalue weighted by atomic mass is 16.5. The smallest absolute Gasteiger partial charge is 0.255 e. The molecule has 1 amide bonds. The molecule has 3 aromatic carbocycles. The summed E-state index contributed by atoms with van der Waals surface area (Å²) in [4.78, 5) is 18.3. The normalized spacial score (nSPS) is 14.9. The summed E-state index contributed by atoms with van der Waals surface area (Å²) in [5.41, 5.74) is 3.69. The van der Waals surface area contributed by atoms with Gasteiger partial charge in [-0.05, 0) is 25.1 Å². The Hall–Kier alpha value is -4.39. The van der Waals surface area contributed by atoms with Gasteiger partial charge in [-0.25, -0.2) is 4.68 Å². The molecule has 7 nitrogen and oxygen atoms in total. The molecule has 2 N–H and O–H groups in total. The fourth-order valence-corrected chi connectivity index (χ4v) is 4.05. The van der Waals surface area contributed by atoms with E-state index in [4.69, 9.17) is 14.8 Å². The first-order valence-electron chi connectivity index (χ1n) is 10.6. The number of hydrogen-bond donors (Lipinski definition) is 2. The van der Waals surface area contributed by atoms with Gasteiger partial charge >= 0.3 is 0 Å². The van der Waals surface area contributed by atoms with E-state index in [1.807, 2.05) is 91.9 Å². The summed E-state index contributed by atoms with van der Waals surface area (Å²) in [5.74, 6) is 1.60. The second-order valence-electron chi connectivity index (χ2n) is 7.70. The number of nitrogens with one attached hydrogen (secondary N) is 2. The van der Waals surface area contributed by atoms with Crippen molar-refractivity contribution in [1.29, 1.82) is 0 Å². The SMILES string of the molecule is COc1ccccc1C1C(C(=O)Nc2ccccc2)=C(C)Nc2nc(-c3ccccc3)nn21. The van der Waals surface area contributed by atoms with Crippen LogP contribution in [-0.4, -0.2) is 27.8 Å². The van der Waals surface area contributed by atoms with Crippen molar-refractivity contribution in [2.24, 2.45) is 0 Å². The van der Waals surface area contributed by atoms with E-state index in [9.17, 15) is 4.79 Å². The molecule has 5 rings (SSSR count). The van der Waals surface area contributed by atoms with Crippen molar-refractivity contribution in [3.8, 4) is 17.1 Å². The van der Waals surface area contributed by atoms with Gasteiger partial charge in [-0.15, -0.1) is 5.10 Å². The maximum Gasteiger partial charge on any atom is 0.255 e. The highest BCUT2D eigenvalue weighted by Gasteiger charge is 2.36. The van der Waals surface area contributed by atoms with Crippen LogP contribution in [0.2, 0.25) is 0 Å². The largest absolute Gasteiger partial charge is 0.496 e. The highest BCUT2D eigenvalue weighted by Crippen LogP contribution is 2.40. The average molecular weight is 438 g/mol. The van der Waals surface area contributed by atoms with Crippen LogP contribution in [-0.2, 0) is 4.79 Å². The molecule has 2 heterocycles. The Kier molecular flexibility index (Phi) is 5.36. The first-order valence-corrected chi connectivity index (χ1v) is 10.6. The fourth-order valence-electron chi connectivity index (χ4n) is 4.05. The zero-order chi connectivity index (χ0) is 22.8. The molecule has 0 saturated heterocycles. The minimum atomic E-state index is -0.522. The lowest BCUT2D eigenvalue weighted by Crippen LogP contribution is -2.31. The number of allylic oxidation sites excluding steroid dienone is 1. The van der Waals surface area contributed by atoms with Gasteiger partial charge in [0.2, 0.25) is 5.95 Å². The van der Waals surface area contributed by atoms with Crippen molar-refractivity contribution < 1.29 is 9.53 Å². The van der Waals surface area contributed by atoms with Gasteiger partial charge in [-0.3, -0.25) is 4.79 Å². The minimum absolute atomic E-state index is 0.218. The lowest BCUT2D eigenvalue weighted by atomic mass is 9.94. The number of para-hydroxylation sites is 2. The van der Waals surface area contributed by atoms with Crippen LogP contribution in [0.5, 0.6) is 5.75 Å². The molecule has 4 aromatic rings. The molecule has 0 spiro atoms. The Morgan fingerprint density at radius 1 is 0.970 bits per heavy atom. The predicted molar refractivity (Wildman–Crippen MR) is 128 cm³/mol. The van der Waals surface area contributed by atoms with Crippen molar-refractivity contribution >= 4 is 17.5 Å². The summed E-state index contributed by atoms with van der Waals surface area (Å²) < 4.78 is 7.41. The van der Waals surface area contributed by atoms with Crippen LogP contribution in [0.4, 0.5) is 11.6 Å². The van der Waals surface area contributed by atoms with Crippen molar-refractivity contribution in [3.63, 3.8) is 0 Å². The molecule has 1 aliphatic rings. The lowest BCUT2D eigenvalue weighted by Gasteiger charge is -2.29. The van der Waals surface area contributed by atoms with E-state index in [1.165, 1.54) is 0 Å². The first kappa shape index (κ1) is 20.5. The average Bonchev–Trinajstić information content (AvgIpc) is 3.28. The standard InChI is InChI=1S/C26H23N5O2/c1-17-22(25(32)28-19-13-7-4-8-14-19)23(20-15-9-10-16-21(20)33-2)31-26(27-17)29-24(30-31)18-11-5-3-6-12-18/h3-16,23H,1-2H3,(H,28,32)(H,27,29,30). The number of carbonyl (C=O) groups is 1. The molecular formula is C26H23N5O2. The zero-order valence-electron chi connectivity index (χ0n) is 18.3. The number of carbonyl (C=O) groups excluding carboxylic acids is 1. The van der Waals surface area contributed by atoms with Gasteiger partial charge in [0, 0.05) is 22.5 Å².